The summed E-state index contributed by atoms with van der Waals surface area (Å²) < 4.78 is 5.43. The molecule has 1 aliphatic heterocycles. The monoisotopic (exact) mass is 448 g/mol. The van der Waals surface area contributed by atoms with Crippen molar-refractivity contribution in [1.29, 1.82) is 0 Å². The van der Waals surface area contributed by atoms with E-state index in [4.69, 9.17) is 15.5 Å². The molecule has 0 radical (unpaired) electrons. The third kappa shape index (κ3) is 4.22. The number of hydrogen-bond donors (Lipinski definition) is 3. The zero-order valence-electron chi connectivity index (χ0n) is 17.5. The highest BCUT2D eigenvalue weighted by molar-refractivity contribution is 7.09. The van der Waals surface area contributed by atoms with E-state index < -0.39 is 0 Å². The molecule has 4 N–H and O–H groups in total. The first-order chi connectivity index (χ1) is 15.7. The van der Waals surface area contributed by atoms with Crippen molar-refractivity contribution in [3.05, 3.63) is 63.3 Å². The van der Waals surface area contributed by atoms with E-state index in [1.165, 1.54) is 0 Å². The van der Waals surface area contributed by atoms with Crippen LogP contribution in [0, 0.1) is 0 Å². The van der Waals surface area contributed by atoms with Crippen LogP contribution in [0.5, 0.6) is 0 Å². The fraction of sp³-hybridized carbons (Fsp3) is 0.261. The van der Waals surface area contributed by atoms with Gasteiger partial charge in [-0.3, -0.25) is 4.79 Å². The number of pyridine rings is 2. The number of morpholine rings is 1. The Kier molecular flexibility index (Phi) is 5.85. The number of aromatic nitrogens is 3. The molecule has 32 heavy (non-hydrogen) atoms. The lowest BCUT2D eigenvalue weighted by Crippen LogP contribution is -2.36. The highest BCUT2D eigenvalue weighted by Crippen LogP contribution is 2.29. The van der Waals surface area contributed by atoms with Crippen molar-refractivity contribution in [2.75, 3.05) is 43.1 Å². The molecule has 9 heteroatoms. The molecule has 4 heterocycles. The summed E-state index contributed by atoms with van der Waals surface area (Å²) in [4.78, 5) is 27.1. The van der Waals surface area contributed by atoms with E-state index >= 15 is 0 Å². The van der Waals surface area contributed by atoms with Gasteiger partial charge in [0, 0.05) is 42.5 Å². The van der Waals surface area contributed by atoms with Gasteiger partial charge < -0.3 is 25.7 Å². The van der Waals surface area contributed by atoms with E-state index in [0.717, 1.165) is 65.9 Å². The summed E-state index contributed by atoms with van der Waals surface area (Å²) >= 11 is 1.57. The minimum absolute atomic E-state index is 0.184. The standard InChI is InChI=1S/C23H24N6O2S/c24-7-5-20-27-19(14-32-20)18-13-15-6-8-25-23(30)21(15)22(28-18)26-16-1-3-17(4-2-16)29-9-11-31-12-10-29/h1-4,6,8,13-14H,5,7,9-12,24H2,(H,25,30)(H,26,28). The number of H-pyrrole nitrogens is 1. The van der Waals surface area contributed by atoms with Gasteiger partial charge >= 0.3 is 0 Å². The van der Waals surface area contributed by atoms with Crippen LogP contribution in [0.25, 0.3) is 22.2 Å². The number of aromatic amines is 1. The zero-order chi connectivity index (χ0) is 21.9. The summed E-state index contributed by atoms with van der Waals surface area (Å²) in [5.74, 6) is 0.506. The molecule has 1 fully saturated rings. The highest BCUT2D eigenvalue weighted by Gasteiger charge is 2.14. The Morgan fingerprint density at radius 3 is 2.72 bits per heavy atom. The van der Waals surface area contributed by atoms with E-state index in [1.54, 1.807) is 17.5 Å². The first-order valence-corrected chi connectivity index (χ1v) is 11.5. The van der Waals surface area contributed by atoms with Crippen molar-refractivity contribution in [2.45, 2.75) is 6.42 Å². The van der Waals surface area contributed by atoms with Crippen molar-refractivity contribution in [2.24, 2.45) is 5.73 Å². The van der Waals surface area contributed by atoms with Crippen LogP contribution in [-0.4, -0.2) is 47.8 Å². The summed E-state index contributed by atoms with van der Waals surface area (Å²) in [6, 6.07) is 11.9. The molecule has 1 saturated heterocycles. The Balaban J connectivity index is 1.49. The van der Waals surface area contributed by atoms with Crippen LogP contribution in [0.3, 0.4) is 0 Å². The molecule has 0 aliphatic carbocycles. The average molecular weight is 449 g/mol. The summed E-state index contributed by atoms with van der Waals surface area (Å²) in [7, 11) is 0. The van der Waals surface area contributed by atoms with Gasteiger partial charge in [0.05, 0.1) is 35.0 Å². The van der Waals surface area contributed by atoms with Crippen molar-refractivity contribution in [1.82, 2.24) is 15.0 Å². The normalized spacial score (nSPS) is 14.1. The van der Waals surface area contributed by atoms with Gasteiger partial charge in [0.25, 0.3) is 5.56 Å². The Hall–Kier alpha value is -3.27. The van der Waals surface area contributed by atoms with Crippen LogP contribution in [0.1, 0.15) is 5.01 Å². The predicted octanol–water partition coefficient (Wildman–Crippen LogP) is 3.13. The van der Waals surface area contributed by atoms with Gasteiger partial charge in [-0.25, -0.2) is 9.97 Å². The molecule has 8 nitrogen and oxygen atoms in total. The summed E-state index contributed by atoms with van der Waals surface area (Å²) in [5.41, 5.74) is 8.99. The second kappa shape index (κ2) is 9.07. The molecule has 5 rings (SSSR count). The Labute approximate surface area is 189 Å². The number of rotatable bonds is 6. The number of ether oxygens (including phenoxy) is 1. The van der Waals surface area contributed by atoms with Crippen molar-refractivity contribution in [3.8, 4) is 11.4 Å². The summed E-state index contributed by atoms with van der Waals surface area (Å²) in [6.45, 7) is 3.82. The second-order valence-electron chi connectivity index (χ2n) is 7.56. The Morgan fingerprint density at radius 2 is 1.94 bits per heavy atom. The maximum Gasteiger partial charge on any atom is 0.259 e. The van der Waals surface area contributed by atoms with E-state index in [2.05, 4.69) is 32.3 Å². The van der Waals surface area contributed by atoms with E-state index in [9.17, 15) is 4.79 Å². The molecule has 1 aromatic carbocycles. The molecule has 1 aliphatic rings. The van der Waals surface area contributed by atoms with E-state index in [0.29, 0.717) is 17.7 Å². The van der Waals surface area contributed by atoms with Gasteiger partial charge in [-0.2, -0.15) is 0 Å². The third-order valence-corrected chi connectivity index (χ3v) is 6.34. The fourth-order valence-electron chi connectivity index (χ4n) is 3.82. The number of nitrogens with one attached hydrogen (secondary N) is 2. The average Bonchev–Trinajstić information content (AvgIpc) is 3.29. The molecule has 164 valence electrons. The van der Waals surface area contributed by atoms with Crippen LogP contribution in [0.2, 0.25) is 0 Å². The maximum absolute atomic E-state index is 12.6. The smallest absolute Gasteiger partial charge is 0.259 e. The van der Waals surface area contributed by atoms with E-state index in [1.807, 2.05) is 29.6 Å². The van der Waals surface area contributed by atoms with Gasteiger partial charge in [-0.05, 0) is 48.3 Å². The number of anilines is 3. The SMILES string of the molecule is NCCc1nc(-c2cc3cc[nH]c(=O)c3c(Nc3ccc(N4CCOCC4)cc3)n2)cs1. The van der Waals surface area contributed by atoms with Crippen molar-refractivity contribution in [3.63, 3.8) is 0 Å². The van der Waals surface area contributed by atoms with Crippen LogP contribution in [0.4, 0.5) is 17.2 Å². The molecule has 4 aromatic rings. The summed E-state index contributed by atoms with van der Waals surface area (Å²) in [6.07, 6.45) is 2.38. The van der Waals surface area contributed by atoms with Crippen molar-refractivity contribution < 1.29 is 4.74 Å². The largest absolute Gasteiger partial charge is 0.378 e. The molecule has 0 spiro atoms. The first kappa shape index (κ1) is 20.6. The molecule has 0 bridgehead atoms. The minimum atomic E-state index is -0.184. The third-order valence-electron chi connectivity index (χ3n) is 5.43. The van der Waals surface area contributed by atoms with Crippen LogP contribution >= 0.6 is 11.3 Å². The summed E-state index contributed by atoms with van der Waals surface area (Å²) in [5, 5.41) is 7.62. The van der Waals surface area contributed by atoms with Gasteiger partial charge in [-0.15, -0.1) is 11.3 Å². The van der Waals surface area contributed by atoms with E-state index in [-0.39, 0.29) is 5.56 Å². The number of fused-ring (bicyclic) bond motifs is 1. The van der Waals surface area contributed by atoms with Gasteiger partial charge in [0.1, 0.15) is 5.82 Å². The lowest BCUT2D eigenvalue weighted by Gasteiger charge is -2.28. The first-order valence-electron chi connectivity index (χ1n) is 10.6. The lowest BCUT2D eigenvalue weighted by atomic mass is 10.1. The topological polar surface area (TPSA) is 109 Å². The number of nitrogens with two attached hydrogens (primary N) is 1. The second-order valence-corrected chi connectivity index (χ2v) is 8.51. The maximum atomic E-state index is 12.6. The molecule has 0 amide bonds. The minimum Gasteiger partial charge on any atom is -0.378 e. The van der Waals surface area contributed by atoms with Crippen LogP contribution in [-0.2, 0) is 11.2 Å². The molecular formula is C23H24N6O2S. The molecular weight excluding hydrogens is 424 g/mol. The van der Waals surface area contributed by atoms with Gasteiger partial charge in [0.15, 0.2) is 0 Å². The fourth-order valence-corrected chi connectivity index (χ4v) is 4.62. The van der Waals surface area contributed by atoms with Gasteiger partial charge in [0.2, 0.25) is 0 Å². The number of nitrogens with zero attached hydrogens (tertiary/aromatic N) is 3. The van der Waals surface area contributed by atoms with Crippen LogP contribution < -0.4 is 21.5 Å². The molecule has 0 unspecified atom stereocenters. The Morgan fingerprint density at radius 1 is 1.12 bits per heavy atom. The zero-order valence-corrected chi connectivity index (χ0v) is 18.3. The Bertz CT molecular complexity index is 1280. The molecule has 3 aromatic heterocycles. The van der Waals surface area contributed by atoms with Crippen LogP contribution in [0.15, 0.2) is 52.8 Å². The van der Waals surface area contributed by atoms with Crippen molar-refractivity contribution >= 4 is 39.3 Å². The number of benzene rings is 1. The number of thiazole rings is 1. The number of hydrogen-bond acceptors (Lipinski definition) is 8. The molecule has 0 saturated carbocycles. The quantitative estimate of drug-likeness (QED) is 0.416. The lowest BCUT2D eigenvalue weighted by molar-refractivity contribution is 0.122. The highest BCUT2D eigenvalue weighted by atomic mass is 32.1. The molecule has 0 atom stereocenters. The van der Waals surface area contributed by atoms with Gasteiger partial charge in [-0.1, -0.05) is 0 Å². The predicted molar refractivity (Wildman–Crippen MR) is 129 cm³/mol.